The maximum Gasteiger partial charge on any atom is 0.251 e. The van der Waals surface area contributed by atoms with E-state index in [4.69, 9.17) is 33.3 Å². The summed E-state index contributed by atoms with van der Waals surface area (Å²) in [7, 11) is 4.73. The first-order valence-electron chi connectivity index (χ1n) is 9.19. The standard InChI is InChI=1S/C21H22ClN3O4S/c1-24-20(27)16(11-19(26)23-15-7-5-4-6-14(15)22)25(21(24)30)12-13-8-9-17(28-2)18(10-13)29-3/h4-10,16H,11-12H2,1-3H3,(H,23,26)/t16-/m0/s1. The molecular formula is C21H22ClN3O4S. The maximum atomic E-state index is 12.7. The van der Waals surface area contributed by atoms with Crippen molar-refractivity contribution >= 4 is 46.4 Å². The molecule has 30 heavy (non-hydrogen) atoms. The summed E-state index contributed by atoms with van der Waals surface area (Å²) in [6.07, 6.45) is -0.0537. The van der Waals surface area contributed by atoms with Gasteiger partial charge in [0, 0.05) is 13.6 Å². The van der Waals surface area contributed by atoms with Gasteiger partial charge in [-0.1, -0.05) is 29.8 Å². The smallest absolute Gasteiger partial charge is 0.251 e. The van der Waals surface area contributed by atoms with E-state index in [0.29, 0.717) is 33.9 Å². The zero-order valence-corrected chi connectivity index (χ0v) is 18.4. The number of anilines is 1. The molecule has 1 N–H and O–H groups in total. The number of benzene rings is 2. The van der Waals surface area contributed by atoms with Gasteiger partial charge in [-0.2, -0.15) is 0 Å². The van der Waals surface area contributed by atoms with Crippen LogP contribution in [0.1, 0.15) is 12.0 Å². The molecule has 2 amide bonds. The van der Waals surface area contributed by atoms with Crippen LogP contribution < -0.4 is 14.8 Å². The maximum absolute atomic E-state index is 12.7. The van der Waals surface area contributed by atoms with E-state index in [1.54, 1.807) is 56.5 Å². The van der Waals surface area contributed by atoms with Crippen molar-refractivity contribution in [2.45, 2.75) is 19.0 Å². The van der Waals surface area contributed by atoms with Crippen molar-refractivity contribution < 1.29 is 19.1 Å². The van der Waals surface area contributed by atoms with Gasteiger partial charge in [-0.15, -0.1) is 0 Å². The van der Waals surface area contributed by atoms with Gasteiger partial charge in [0.05, 0.1) is 31.4 Å². The minimum Gasteiger partial charge on any atom is -0.493 e. The molecule has 1 atom stereocenters. The number of rotatable bonds is 7. The van der Waals surface area contributed by atoms with Gasteiger partial charge in [-0.3, -0.25) is 14.5 Å². The molecule has 2 aromatic carbocycles. The number of hydrogen-bond acceptors (Lipinski definition) is 5. The lowest BCUT2D eigenvalue weighted by Crippen LogP contribution is -2.37. The SMILES string of the molecule is COc1ccc(CN2C(=S)N(C)C(=O)[C@@H]2CC(=O)Nc2ccccc2Cl)cc1OC. The second-order valence-electron chi connectivity index (χ2n) is 6.75. The zero-order chi connectivity index (χ0) is 21.8. The number of amides is 2. The van der Waals surface area contributed by atoms with Crippen molar-refractivity contribution in [2.75, 3.05) is 26.6 Å². The van der Waals surface area contributed by atoms with Crippen molar-refractivity contribution in [3.05, 3.63) is 53.1 Å². The number of carbonyl (C=O) groups excluding carboxylic acids is 2. The number of halogens is 1. The number of likely N-dealkylation sites (N-methyl/N-ethyl adjacent to an activating group) is 1. The predicted molar refractivity (Wildman–Crippen MR) is 119 cm³/mol. The van der Waals surface area contributed by atoms with E-state index in [9.17, 15) is 9.59 Å². The predicted octanol–water partition coefficient (Wildman–Crippen LogP) is 3.31. The Morgan fingerprint density at radius 3 is 2.53 bits per heavy atom. The zero-order valence-electron chi connectivity index (χ0n) is 16.8. The molecule has 7 nitrogen and oxygen atoms in total. The summed E-state index contributed by atoms with van der Waals surface area (Å²) in [5.74, 6) is 0.633. The van der Waals surface area contributed by atoms with Gasteiger partial charge in [-0.25, -0.2) is 0 Å². The Morgan fingerprint density at radius 1 is 1.17 bits per heavy atom. The van der Waals surface area contributed by atoms with Crippen LogP contribution in [0.5, 0.6) is 11.5 Å². The number of methoxy groups -OCH3 is 2. The monoisotopic (exact) mass is 447 g/mol. The van der Waals surface area contributed by atoms with Gasteiger partial charge >= 0.3 is 0 Å². The molecule has 1 heterocycles. The highest BCUT2D eigenvalue weighted by molar-refractivity contribution is 7.80. The third kappa shape index (κ3) is 4.49. The minimum atomic E-state index is -0.710. The highest BCUT2D eigenvalue weighted by atomic mass is 35.5. The summed E-state index contributed by atoms with van der Waals surface area (Å²) in [6.45, 7) is 0.347. The van der Waals surface area contributed by atoms with Crippen molar-refractivity contribution in [2.24, 2.45) is 0 Å². The van der Waals surface area contributed by atoms with Crippen molar-refractivity contribution in [1.82, 2.24) is 9.80 Å². The van der Waals surface area contributed by atoms with Crippen LogP contribution in [0.15, 0.2) is 42.5 Å². The van der Waals surface area contributed by atoms with Crippen molar-refractivity contribution in [1.29, 1.82) is 0 Å². The number of nitrogens with zero attached hydrogens (tertiary/aromatic N) is 2. The molecule has 9 heteroatoms. The van der Waals surface area contributed by atoms with Gasteiger partial charge in [-0.05, 0) is 42.0 Å². The van der Waals surface area contributed by atoms with E-state index in [2.05, 4.69) is 5.32 Å². The first-order valence-corrected chi connectivity index (χ1v) is 9.97. The van der Waals surface area contributed by atoms with E-state index >= 15 is 0 Å². The Hall–Kier alpha value is -2.84. The highest BCUT2D eigenvalue weighted by Crippen LogP contribution is 2.30. The first kappa shape index (κ1) is 21.9. The molecule has 1 saturated heterocycles. The number of hydrogen-bond donors (Lipinski definition) is 1. The average Bonchev–Trinajstić information content (AvgIpc) is 2.93. The van der Waals surface area contributed by atoms with E-state index in [0.717, 1.165) is 5.56 Å². The van der Waals surface area contributed by atoms with Crippen molar-refractivity contribution in [3.63, 3.8) is 0 Å². The van der Waals surface area contributed by atoms with Gasteiger partial charge in [0.2, 0.25) is 5.91 Å². The average molecular weight is 448 g/mol. The van der Waals surface area contributed by atoms with Gasteiger partial charge in [0.25, 0.3) is 5.91 Å². The molecule has 1 aliphatic rings. The van der Waals surface area contributed by atoms with E-state index in [1.807, 2.05) is 12.1 Å². The molecule has 3 rings (SSSR count). The molecule has 2 aromatic rings. The summed E-state index contributed by atoms with van der Waals surface area (Å²) in [4.78, 5) is 28.5. The number of carbonyl (C=O) groups is 2. The molecule has 0 bridgehead atoms. The molecule has 0 saturated carbocycles. The molecule has 0 aliphatic carbocycles. The Kier molecular flexibility index (Phi) is 6.79. The topological polar surface area (TPSA) is 71.1 Å². The fourth-order valence-electron chi connectivity index (χ4n) is 3.27. The Labute approximate surface area is 185 Å². The van der Waals surface area contributed by atoms with Crippen LogP contribution in [0.4, 0.5) is 5.69 Å². The molecule has 0 spiro atoms. The normalized spacial score (nSPS) is 16.1. The van der Waals surface area contributed by atoms with Gasteiger partial charge in [0.15, 0.2) is 16.6 Å². The Balaban J connectivity index is 1.78. The molecular weight excluding hydrogens is 426 g/mol. The van der Waals surface area contributed by atoms with Gasteiger partial charge in [0.1, 0.15) is 6.04 Å². The quantitative estimate of drug-likeness (QED) is 0.656. The van der Waals surface area contributed by atoms with Crippen LogP contribution in [-0.2, 0) is 16.1 Å². The lowest BCUT2D eigenvalue weighted by Gasteiger charge is -2.24. The third-order valence-electron chi connectivity index (χ3n) is 4.85. The first-order chi connectivity index (χ1) is 14.3. The molecule has 1 fully saturated rings. The molecule has 0 aromatic heterocycles. The summed E-state index contributed by atoms with van der Waals surface area (Å²) in [5.41, 5.74) is 1.37. The molecule has 1 aliphatic heterocycles. The van der Waals surface area contributed by atoms with Crippen LogP contribution >= 0.6 is 23.8 Å². The summed E-state index contributed by atoms with van der Waals surface area (Å²) >= 11 is 11.6. The number of para-hydroxylation sites is 1. The molecule has 158 valence electrons. The van der Waals surface area contributed by atoms with Crippen LogP contribution in [0, 0.1) is 0 Å². The Morgan fingerprint density at radius 2 is 1.87 bits per heavy atom. The van der Waals surface area contributed by atoms with Gasteiger partial charge < -0.3 is 19.7 Å². The number of nitrogens with one attached hydrogen (secondary N) is 1. The van der Waals surface area contributed by atoms with Crippen LogP contribution in [-0.4, -0.2) is 54.0 Å². The highest BCUT2D eigenvalue weighted by Gasteiger charge is 2.41. The van der Waals surface area contributed by atoms with Crippen LogP contribution in [0.3, 0.4) is 0 Å². The second kappa shape index (κ2) is 9.32. The van der Waals surface area contributed by atoms with E-state index in [-0.39, 0.29) is 18.2 Å². The lowest BCUT2D eigenvalue weighted by atomic mass is 10.1. The molecule has 0 radical (unpaired) electrons. The minimum absolute atomic E-state index is 0.0537. The number of ether oxygens (including phenoxy) is 2. The molecule has 0 unspecified atom stereocenters. The Bertz CT molecular complexity index is 984. The summed E-state index contributed by atoms with van der Waals surface area (Å²) < 4.78 is 10.6. The van der Waals surface area contributed by atoms with Crippen LogP contribution in [0.25, 0.3) is 0 Å². The summed E-state index contributed by atoms with van der Waals surface area (Å²) in [5, 5.41) is 3.55. The second-order valence-corrected chi connectivity index (χ2v) is 7.52. The van der Waals surface area contributed by atoms with Crippen molar-refractivity contribution in [3.8, 4) is 11.5 Å². The number of thiocarbonyl (C=S) groups is 1. The largest absolute Gasteiger partial charge is 0.493 e. The third-order valence-corrected chi connectivity index (χ3v) is 5.69. The van der Waals surface area contributed by atoms with E-state index < -0.39 is 6.04 Å². The van der Waals surface area contributed by atoms with E-state index in [1.165, 1.54) is 4.90 Å². The lowest BCUT2D eigenvalue weighted by molar-refractivity contribution is -0.130. The fraction of sp³-hybridized carbons (Fsp3) is 0.286. The summed E-state index contributed by atoms with van der Waals surface area (Å²) in [6, 6.07) is 11.7. The van der Waals surface area contributed by atoms with Crippen LogP contribution in [0.2, 0.25) is 5.02 Å². The fourth-order valence-corrected chi connectivity index (χ4v) is 3.73.